The summed E-state index contributed by atoms with van der Waals surface area (Å²) in [6, 6.07) is 10.3. The van der Waals surface area contributed by atoms with E-state index in [1.807, 2.05) is 45.3 Å². The number of amides is 2. The predicted octanol–water partition coefficient (Wildman–Crippen LogP) is 2.43. The molecule has 124 valence electrons. The Bertz CT molecular complexity index is 791. The van der Waals surface area contributed by atoms with E-state index in [4.69, 9.17) is 0 Å². The van der Waals surface area contributed by atoms with Gasteiger partial charge in [0.2, 0.25) is 0 Å². The van der Waals surface area contributed by atoms with Crippen LogP contribution >= 0.6 is 11.3 Å². The van der Waals surface area contributed by atoms with Crippen LogP contribution in [0.5, 0.6) is 0 Å². The van der Waals surface area contributed by atoms with Gasteiger partial charge in [-0.15, -0.1) is 11.3 Å². The minimum atomic E-state index is -0.0148. The third kappa shape index (κ3) is 3.07. The normalized spacial score (nSPS) is 15.0. The molecule has 1 N–H and O–H groups in total. The summed E-state index contributed by atoms with van der Waals surface area (Å²) in [6.45, 7) is 3.65. The third-order valence-corrected chi connectivity index (χ3v) is 5.02. The van der Waals surface area contributed by atoms with Crippen LogP contribution in [-0.2, 0) is 6.54 Å². The van der Waals surface area contributed by atoms with Crippen molar-refractivity contribution in [3.05, 3.63) is 53.8 Å². The molecule has 4 rings (SSSR count). The number of fused-ring (bicyclic) bond motifs is 1. The number of thiazole rings is 1. The van der Waals surface area contributed by atoms with Crippen molar-refractivity contribution in [3.8, 4) is 0 Å². The molecule has 1 saturated heterocycles. The summed E-state index contributed by atoms with van der Waals surface area (Å²) in [5, 5.41) is 4.97. The number of aromatic nitrogens is 2. The maximum atomic E-state index is 12.3. The van der Waals surface area contributed by atoms with Gasteiger partial charge >= 0.3 is 6.03 Å². The first-order chi connectivity index (χ1) is 11.8. The van der Waals surface area contributed by atoms with Crippen LogP contribution in [0.15, 0.2) is 48.1 Å². The van der Waals surface area contributed by atoms with Crippen molar-refractivity contribution >= 4 is 28.0 Å². The summed E-state index contributed by atoms with van der Waals surface area (Å²) in [5.74, 6) is 0. The molecule has 1 fully saturated rings. The fourth-order valence-electron chi connectivity index (χ4n) is 2.95. The van der Waals surface area contributed by atoms with Gasteiger partial charge in [0.1, 0.15) is 0 Å². The fourth-order valence-corrected chi connectivity index (χ4v) is 3.66. The maximum Gasteiger partial charge on any atom is 0.317 e. The molecule has 0 saturated carbocycles. The molecule has 2 amide bonds. The highest BCUT2D eigenvalue weighted by atomic mass is 32.1. The summed E-state index contributed by atoms with van der Waals surface area (Å²) >= 11 is 1.59. The number of piperazine rings is 1. The van der Waals surface area contributed by atoms with Crippen LogP contribution in [0.3, 0.4) is 0 Å². The Labute approximate surface area is 144 Å². The molecule has 3 heterocycles. The Kier molecular flexibility index (Phi) is 4.08. The summed E-state index contributed by atoms with van der Waals surface area (Å²) in [7, 11) is 0. The molecule has 2 aromatic heterocycles. The lowest BCUT2D eigenvalue weighted by Crippen LogP contribution is -2.51. The molecule has 1 aromatic carbocycles. The largest absolute Gasteiger partial charge is 0.368 e. The van der Waals surface area contributed by atoms with Crippen molar-refractivity contribution in [1.82, 2.24) is 19.6 Å². The van der Waals surface area contributed by atoms with E-state index in [0.717, 1.165) is 36.8 Å². The molecule has 0 atom stereocenters. The highest BCUT2D eigenvalue weighted by molar-refractivity contribution is 7.15. The second kappa shape index (κ2) is 6.52. The van der Waals surface area contributed by atoms with E-state index in [9.17, 15) is 4.79 Å². The molecule has 1 aliphatic heterocycles. The second-order valence-corrected chi connectivity index (χ2v) is 6.67. The molecule has 6 nitrogen and oxygen atoms in total. The zero-order valence-electron chi connectivity index (χ0n) is 13.3. The summed E-state index contributed by atoms with van der Waals surface area (Å²) in [5.41, 5.74) is 2.11. The van der Waals surface area contributed by atoms with Gasteiger partial charge in [-0.1, -0.05) is 18.2 Å². The lowest BCUT2D eigenvalue weighted by molar-refractivity contribution is 0.194. The number of carbonyl (C=O) groups is 1. The van der Waals surface area contributed by atoms with Gasteiger partial charge < -0.3 is 15.1 Å². The molecule has 0 bridgehead atoms. The average molecular weight is 341 g/mol. The van der Waals surface area contributed by atoms with Crippen molar-refractivity contribution in [1.29, 1.82) is 0 Å². The topological polar surface area (TPSA) is 52.9 Å². The Balaban J connectivity index is 1.29. The minimum absolute atomic E-state index is 0.0148. The predicted molar refractivity (Wildman–Crippen MR) is 95.5 cm³/mol. The van der Waals surface area contributed by atoms with Crippen molar-refractivity contribution < 1.29 is 4.79 Å². The maximum absolute atomic E-state index is 12.3. The number of anilines is 1. The van der Waals surface area contributed by atoms with Gasteiger partial charge in [0.15, 0.2) is 4.96 Å². The molecule has 3 aromatic rings. The number of hydrogen-bond donors (Lipinski definition) is 1. The lowest BCUT2D eigenvalue weighted by atomic mass is 10.2. The van der Waals surface area contributed by atoms with Gasteiger partial charge in [-0.25, -0.2) is 9.78 Å². The Hall–Kier alpha value is -2.54. The molecule has 0 aliphatic carbocycles. The van der Waals surface area contributed by atoms with Gasteiger partial charge in [-0.05, 0) is 12.1 Å². The van der Waals surface area contributed by atoms with Gasteiger partial charge in [-0.3, -0.25) is 4.40 Å². The first-order valence-corrected chi connectivity index (χ1v) is 8.91. The van der Waals surface area contributed by atoms with Crippen molar-refractivity contribution in [2.75, 3.05) is 31.1 Å². The number of urea groups is 1. The molecule has 0 unspecified atom stereocenters. The quantitative estimate of drug-likeness (QED) is 0.796. The number of nitrogens with one attached hydrogen (secondary N) is 1. The summed E-state index contributed by atoms with van der Waals surface area (Å²) in [6.07, 6.45) is 3.93. The first-order valence-electron chi connectivity index (χ1n) is 8.03. The molecule has 24 heavy (non-hydrogen) atoms. The van der Waals surface area contributed by atoms with Crippen LogP contribution in [0.25, 0.3) is 4.96 Å². The van der Waals surface area contributed by atoms with Gasteiger partial charge in [0, 0.05) is 49.6 Å². The zero-order valence-corrected chi connectivity index (χ0v) is 14.1. The van der Waals surface area contributed by atoms with E-state index >= 15 is 0 Å². The van der Waals surface area contributed by atoms with Gasteiger partial charge in [0.25, 0.3) is 0 Å². The van der Waals surface area contributed by atoms with Crippen molar-refractivity contribution in [3.63, 3.8) is 0 Å². The van der Waals surface area contributed by atoms with E-state index in [1.54, 1.807) is 11.3 Å². The highest BCUT2D eigenvalue weighted by Gasteiger charge is 2.21. The Morgan fingerprint density at radius 3 is 2.71 bits per heavy atom. The molecular formula is C17H19N5OS. The first kappa shape index (κ1) is 15.0. The van der Waals surface area contributed by atoms with Crippen LogP contribution in [0.1, 0.15) is 5.69 Å². The number of nitrogens with zero attached hydrogens (tertiary/aromatic N) is 4. The zero-order chi connectivity index (χ0) is 16.4. The number of para-hydroxylation sites is 1. The molecule has 1 aliphatic rings. The average Bonchev–Trinajstić information content (AvgIpc) is 3.22. The SMILES string of the molecule is O=C(NCc1cn2ccsc2n1)N1CCN(c2ccccc2)CC1. The summed E-state index contributed by atoms with van der Waals surface area (Å²) in [4.78, 5) is 22.0. The number of benzene rings is 1. The van der Waals surface area contributed by atoms with E-state index < -0.39 is 0 Å². The lowest BCUT2D eigenvalue weighted by Gasteiger charge is -2.36. The van der Waals surface area contributed by atoms with Crippen LogP contribution in [-0.4, -0.2) is 46.5 Å². The van der Waals surface area contributed by atoms with E-state index in [-0.39, 0.29) is 6.03 Å². The van der Waals surface area contributed by atoms with E-state index in [1.165, 1.54) is 5.69 Å². The second-order valence-electron chi connectivity index (χ2n) is 5.79. The fraction of sp³-hybridized carbons (Fsp3) is 0.294. The van der Waals surface area contributed by atoms with Crippen LogP contribution < -0.4 is 10.2 Å². The van der Waals surface area contributed by atoms with Crippen LogP contribution in [0.4, 0.5) is 10.5 Å². The Morgan fingerprint density at radius 1 is 1.17 bits per heavy atom. The van der Waals surface area contributed by atoms with Gasteiger partial charge in [0.05, 0.1) is 12.2 Å². The van der Waals surface area contributed by atoms with E-state index in [0.29, 0.717) is 6.54 Å². The number of hydrogen-bond acceptors (Lipinski definition) is 4. The van der Waals surface area contributed by atoms with Crippen molar-refractivity contribution in [2.45, 2.75) is 6.54 Å². The third-order valence-electron chi connectivity index (χ3n) is 4.25. The minimum Gasteiger partial charge on any atom is -0.368 e. The van der Waals surface area contributed by atoms with Crippen molar-refractivity contribution in [2.24, 2.45) is 0 Å². The molecular weight excluding hydrogens is 322 g/mol. The van der Waals surface area contributed by atoms with Crippen LogP contribution in [0, 0.1) is 0 Å². The number of rotatable bonds is 3. The standard InChI is InChI=1S/C17H19N5OS/c23-16(18-12-14-13-22-10-11-24-17(22)19-14)21-8-6-20(7-9-21)15-4-2-1-3-5-15/h1-5,10-11,13H,6-9,12H2,(H,18,23). The van der Waals surface area contributed by atoms with Gasteiger partial charge in [-0.2, -0.15) is 0 Å². The van der Waals surface area contributed by atoms with E-state index in [2.05, 4.69) is 27.3 Å². The Morgan fingerprint density at radius 2 is 1.96 bits per heavy atom. The number of carbonyl (C=O) groups excluding carboxylic acids is 1. The van der Waals surface area contributed by atoms with Crippen LogP contribution in [0.2, 0.25) is 0 Å². The summed E-state index contributed by atoms with van der Waals surface area (Å²) < 4.78 is 1.98. The molecule has 7 heteroatoms. The molecule has 0 spiro atoms. The monoisotopic (exact) mass is 341 g/mol. The smallest absolute Gasteiger partial charge is 0.317 e. The highest BCUT2D eigenvalue weighted by Crippen LogP contribution is 2.15. The molecule has 0 radical (unpaired) electrons. The number of imidazole rings is 1.